The molecule has 1 aromatic carbocycles. The van der Waals surface area contributed by atoms with Crippen LogP contribution in [-0.4, -0.2) is 6.61 Å². The highest BCUT2D eigenvalue weighted by Crippen LogP contribution is 2.33. The van der Waals surface area contributed by atoms with Gasteiger partial charge in [0, 0.05) is 16.5 Å². The molecule has 0 bridgehead atoms. The Morgan fingerprint density at radius 3 is 2.69 bits per heavy atom. The third-order valence-electron chi connectivity index (χ3n) is 5.10. The Bertz CT molecular complexity index is 925. The lowest BCUT2D eigenvalue weighted by atomic mass is 10.0. The molecule has 0 unspecified atom stereocenters. The molecule has 2 aromatic rings. The van der Waals surface area contributed by atoms with Crippen LogP contribution in [0.25, 0.3) is 11.0 Å². The lowest BCUT2D eigenvalue weighted by Gasteiger charge is -2.11. The lowest BCUT2D eigenvalue weighted by molar-refractivity contribution is 0.358. The third-order valence-corrected chi connectivity index (χ3v) is 5.10. The average Bonchev–Trinajstić information content (AvgIpc) is 3.08. The van der Waals surface area contributed by atoms with Crippen LogP contribution < -0.4 is 10.4 Å². The van der Waals surface area contributed by atoms with Gasteiger partial charge in [-0.05, 0) is 83.6 Å². The van der Waals surface area contributed by atoms with Crippen molar-refractivity contribution in [1.82, 2.24) is 0 Å². The minimum absolute atomic E-state index is 0.180. The van der Waals surface area contributed by atoms with Crippen molar-refractivity contribution in [3.63, 3.8) is 0 Å². The predicted octanol–water partition coefficient (Wildman–Crippen LogP) is 5.66. The minimum Gasteiger partial charge on any atom is -0.489 e. The zero-order valence-corrected chi connectivity index (χ0v) is 16.3. The standard InChI is InChI=1S/C23H28O3/c1-15(2)7-5-8-16(3)13-14-25-21-12-11-19-18-9-6-10-20(18)23(24)26-22(19)17(21)4/h7,11-13H,5-6,8-10,14H2,1-4H3/b16-13+. The molecule has 3 nitrogen and oxygen atoms in total. The van der Waals surface area contributed by atoms with Gasteiger partial charge < -0.3 is 9.15 Å². The van der Waals surface area contributed by atoms with E-state index < -0.39 is 0 Å². The van der Waals surface area contributed by atoms with Crippen molar-refractivity contribution in [3.05, 3.63) is 62.5 Å². The SMILES string of the molecule is CC(C)=CCC/C(C)=C/COc1ccc2c3c(c(=O)oc2c1C)CCC3. The molecule has 0 aliphatic heterocycles. The third kappa shape index (κ3) is 3.92. The summed E-state index contributed by atoms with van der Waals surface area (Å²) in [6.07, 6.45) is 9.33. The van der Waals surface area contributed by atoms with E-state index in [0.717, 1.165) is 54.4 Å². The summed E-state index contributed by atoms with van der Waals surface area (Å²) < 4.78 is 11.6. The molecule has 0 saturated carbocycles. The first-order valence-corrected chi connectivity index (χ1v) is 9.47. The van der Waals surface area contributed by atoms with E-state index in [0.29, 0.717) is 12.2 Å². The largest absolute Gasteiger partial charge is 0.489 e. The highest BCUT2D eigenvalue weighted by atomic mass is 16.5. The van der Waals surface area contributed by atoms with Crippen molar-refractivity contribution in [2.75, 3.05) is 6.61 Å². The molecule has 1 aliphatic rings. The Morgan fingerprint density at radius 2 is 1.92 bits per heavy atom. The van der Waals surface area contributed by atoms with E-state index >= 15 is 0 Å². The summed E-state index contributed by atoms with van der Waals surface area (Å²) in [5.74, 6) is 0.784. The second-order valence-electron chi connectivity index (χ2n) is 7.45. The summed E-state index contributed by atoms with van der Waals surface area (Å²) >= 11 is 0. The number of ether oxygens (including phenoxy) is 1. The fourth-order valence-electron chi connectivity index (χ4n) is 3.58. The molecule has 0 fully saturated rings. The maximum atomic E-state index is 12.2. The van der Waals surface area contributed by atoms with E-state index in [2.05, 4.69) is 32.9 Å². The van der Waals surface area contributed by atoms with Crippen LogP contribution in [-0.2, 0) is 12.8 Å². The number of fused-ring (bicyclic) bond motifs is 3. The molecule has 138 valence electrons. The van der Waals surface area contributed by atoms with Crippen LogP contribution in [0.2, 0.25) is 0 Å². The number of allylic oxidation sites excluding steroid dienone is 3. The van der Waals surface area contributed by atoms with Crippen LogP contribution in [0, 0.1) is 6.92 Å². The zero-order chi connectivity index (χ0) is 18.7. The molecule has 0 spiro atoms. The van der Waals surface area contributed by atoms with Gasteiger partial charge in [-0.1, -0.05) is 17.2 Å². The van der Waals surface area contributed by atoms with Gasteiger partial charge in [-0.3, -0.25) is 0 Å². The van der Waals surface area contributed by atoms with Gasteiger partial charge in [0.2, 0.25) is 0 Å². The van der Waals surface area contributed by atoms with Gasteiger partial charge in [-0.25, -0.2) is 4.79 Å². The minimum atomic E-state index is -0.180. The van der Waals surface area contributed by atoms with Crippen LogP contribution in [0.3, 0.4) is 0 Å². The van der Waals surface area contributed by atoms with Crippen molar-refractivity contribution in [2.24, 2.45) is 0 Å². The molecule has 3 heteroatoms. The Balaban J connectivity index is 1.75. The van der Waals surface area contributed by atoms with Gasteiger partial charge in [-0.15, -0.1) is 0 Å². The van der Waals surface area contributed by atoms with Crippen LogP contribution in [0.1, 0.15) is 56.7 Å². The van der Waals surface area contributed by atoms with Crippen molar-refractivity contribution < 1.29 is 9.15 Å². The molecular formula is C23H28O3. The second-order valence-corrected chi connectivity index (χ2v) is 7.45. The van der Waals surface area contributed by atoms with Crippen LogP contribution in [0.4, 0.5) is 0 Å². The highest BCUT2D eigenvalue weighted by Gasteiger charge is 2.21. The molecule has 0 radical (unpaired) electrons. The first-order valence-electron chi connectivity index (χ1n) is 9.47. The van der Waals surface area contributed by atoms with E-state index in [1.165, 1.54) is 16.7 Å². The van der Waals surface area contributed by atoms with E-state index in [1.54, 1.807) is 0 Å². The Hall–Kier alpha value is -2.29. The van der Waals surface area contributed by atoms with Crippen LogP contribution >= 0.6 is 0 Å². The van der Waals surface area contributed by atoms with E-state index in [1.807, 2.05) is 19.1 Å². The Kier molecular flexibility index (Phi) is 5.65. The molecule has 3 rings (SSSR count). The Morgan fingerprint density at radius 1 is 1.15 bits per heavy atom. The van der Waals surface area contributed by atoms with Crippen molar-refractivity contribution >= 4 is 11.0 Å². The summed E-state index contributed by atoms with van der Waals surface area (Å²) in [5, 5.41) is 1.07. The highest BCUT2D eigenvalue weighted by molar-refractivity contribution is 5.86. The van der Waals surface area contributed by atoms with Crippen LogP contribution in [0.15, 0.2) is 44.6 Å². The summed E-state index contributed by atoms with van der Waals surface area (Å²) in [4.78, 5) is 12.2. The quantitative estimate of drug-likeness (QED) is 0.497. The number of rotatable bonds is 6. The second kappa shape index (κ2) is 7.94. The molecule has 0 N–H and O–H groups in total. The number of hydrogen-bond donors (Lipinski definition) is 0. The van der Waals surface area contributed by atoms with Crippen molar-refractivity contribution in [1.29, 1.82) is 0 Å². The maximum absolute atomic E-state index is 12.2. The number of benzene rings is 1. The number of aryl methyl sites for hydroxylation is 2. The monoisotopic (exact) mass is 352 g/mol. The van der Waals surface area contributed by atoms with Gasteiger partial charge in [0.05, 0.1) is 0 Å². The van der Waals surface area contributed by atoms with Crippen molar-refractivity contribution in [3.8, 4) is 5.75 Å². The molecule has 1 heterocycles. The van der Waals surface area contributed by atoms with Crippen molar-refractivity contribution in [2.45, 2.75) is 59.8 Å². The normalized spacial score (nSPS) is 13.8. The predicted molar refractivity (Wildman–Crippen MR) is 107 cm³/mol. The average molecular weight is 352 g/mol. The van der Waals surface area contributed by atoms with E-state index in [4.69, 9.17) is 9.15 Å². The van der Waals surface area contributed by atoms with Gasteiger partial charge in [0.1, 0.15) is 17.9 Å². The molecule has 1 aliphatic carbocycles. The smallest absolute Gasteiger partial charge is 0.339 e. The van der Waals surface area contributed by atoms with Crippen LogP contribution in [0.5, 0.6) is 5.75 Å². The number of hydrogen-bond acceptors (Lipinski definition) is 3. The van der Waals surface area contributed by atoms with Gasteiger partial charge in [0.15, 0.2) is 0 Å². The fraction of sp³-hybridized carbons (Fsp3) is 0.435. The summed E-state index contributed by atoms with van der Waals surface area (Å²) in [6, 6.07) is 4.04. The molecular weight excluding hydrogens is 324 g/mol. The molecule has 0 amide bonds. The van der Waals surface area contributed by atoms with E-state index in [-0.39, 0.29) is 5.63 Å². The maximum Gasteiger partial charge on any atom is 0.339 e. The summed E-state index contributed by atoms with van der Waals surface area (Å²) in [6.45, 7) is 8.88. The molecule has 1 aromatic heterocycles. The molecule has 0 saturated heterocycles. The Labute approximate surface area is 155 Å². The fourth-order valence-corrected chi connectivity index (χ4v) is 3.58. The molecule has 26 heavy (non-hydrogen) atoms. The molecule has 0 atom stereocenters. The zero-order valence-electron chi connectivity index (χ0n) is 16.3. The summed E-state index contributed by atoms with van der Waals surface area (Å²) in [7, 11) is 0. The first-order chi connectivity index (χ1) is 12.5. The van der Waals surface area contributed by atoms with Gasteiger partial charge in [-0.2, -0.15) is 0 Å². The lowest BCUT2D eigenvalue weighted by Crippen LogP contribution is -2.08. The topological polar surface area (TPSA) is 39.4 Å². The van der Waals surface area contributed by atoms with Gasteiger partial charge in [0.25, 0.3) is 0 Å². The van der Waals surface area contributed by atoms with Gasteiger partial charge >= 0.3 is 5.63 Å². The van der Waals surface area contributed by atoms with E-state index in [9.17, 15) is 4.79 Å². The summed E-state index contributed by atoms with van der Waals surface area (Å²) in [5.41, 5.74) is 6.11. The first kappa shape index (κ1) is 18.5.